The molecule has 2 rings (SSSR count). The van der Waals surface area contributed by atoms with Crippen LogP contribution in [0.1, 0.15) is 20.3 Å². The van der Waals surface area contributed by atoms with E-state index in [1.807, 2.05) is 13.8 Å². The van der Waals surface area contributed by atoms with Crippen LogP contribution in [0.5, 0.6) is 11.5 Å². The Balaban J connectivity index is 2.15. The Kier molecular flexibility index (Phi) is 5.08. The van der Waals surface area contributed by atoms with Gasteiger partial charge in [-0.3, -0.25) is 0 Å². The van der Waals surface area contributed by atoms with Gasteiger partial charge in [-0.1, -0.05) is 13.8 Å². The number of benzene rings is 1. The van der Waals surface area contributed by atoms with Crippen molar-refractivity contribution in [1.29, 1.82) is 0 Å². The second-order valence-corrected chi connectivity index (χ2v) is 7.09. The number of hydrogen-bond donors (Lipinski definition) is 2. The molecule has 1 aliphatic heterocycles. The van der Waals surface area contributed by atoms with Crippen molar-refractivity contribution in [1.82, 2.24) is 4.72 Å². The maximum Gasteiger partial charge on any atom is 0.240 e. The standard InChI is InChI=1S/C14H21NO5S/c1-10(2)12(16)9-15-21(17,18)11-4-5-13-14(8-11)20-7-3-6-19-13/h4-5,8,10,12,15-16H,3,6-7,9H2,1-2H3. The van der Waals surface area contributed by atoms with Crippen molar-refractivity contribution in [3.63, 3.8) is 0 Å². The predicted molar refractivity (Wildman–Crippen MR) is 78.1 cm³/mol. The van der Waals surface area contributed by atoms with Crippen LogP contribution in [0.2, 0.25) is 0 Å². The van der Waals surface area contributed by atoms with E-state index >= 15 is 0 Å². The summed E-state index contributed by atoms with van der Waals surface area (Å²) >= 11 is 0. The third-order valence-corrected chi connectivity index (χ3v) is 4.70. The van der Waals surface area contributed by atoms with Gasteiger partial charge in [0.2, 0.25) is 10.0 Å². The lowest BCUT2D eigenvalue weighted by atomic mass is 10.1. The van der Waals surface area contributed by atoms with Crippen LogP contribution in [-0.2, 0) is 10.0 Å². The monoisotopic (exact) mass is 315 g/mol. The van der Waals surface area contributed by atoms with Gasteiger partial charge in [0, 0.05) is 19.0 Å². The molecule has 118 valence electrons. The molecular formula is C14H21NO5S. The quantitative estimate of drug-likeness (QED) is 0.851. The second kappa shape index (κ2) is 6.64. The summed E-state index contributed by atoms with van der Waals surface area (Å²) in [5, 5.41) is 9.69. The molecule has 21 heavy (non-hydrogen) atoms. The molecule has 0 radical (unpaired) electrons. The molecule has 0 aliphatic carbocycles. The highest BCUT2D eigenvalue weighted by atomic mass is 32.2. The van der Waals surface area contributed by atoms with Crippen molar-refractivity contribution in [2.45, 2.75) is 31.3 Å². The van der Waals surface area contributed by atoms with E-state index in [9.17, 15) is 13.5 Å². The first-order chi connectivity index (χ1) is 9.90. The zero-order valence-corrected chi connectivity index (χ0v) is 13.0. The van der Waals surface area contributed by atoms with E-state index in [0.717, 1.165) is 6.42 Å². The Morgan fingerprint density at radius 2 is 1.90 bits per heavy atom. The SMILES string of the molecule is CC(C)C(O)CNS(=O)(=O)c1ccc2c(c1)OCCCO2. The summed E-state index contributed by atoms with van der Waals surface area (Å²) in [5.41, 5.74) is 0. The Labute approximate surface area is 125 Å². The molecule has 0 amide bonds. The van der Waals surface area contributed by atoms with E-state index in [1.165, 1.54) is 12.1 Å². The minimum Gasteiger partial charge on any atom is -0.490 e. The zero-order valence-electron chi connectivity index (χ0n) is 12.2. The van der Waals surface area contributed by atoms with Gasteiger partial charge in [-0.15, -0.1) is 0 Å². The molecule has 1 aromatic rings. The van der Waals surface area contributed by atoms with E-state index in [2.05, 4.69) is 4.72 Å². The van der Waals surface area contributed by atoms with E-state index in [-0.39, 0.29) is 17.4 Å². The van der Waals surface area contributed by atoms with Crippen LogP contribution < -0.4 is 14.2 Å². The highest BCUT2D eigenvalue weighted by molar-refractivity contribution is 7.89. The van der Waals surface area contributed by atoms with Gasteiger partial charge in [0.05, 0.1) is 24.2 Å². The van der Waals surface area contributed by atoms with Crippen LogP contribution >= 0.6 is 0 Å². The summed E-state index contributed by atoms with van der Waals surface area (Å²) in [7, 11) is -3.68. The number of ether oxygens (including phenoxy) is 2. The Hall–Kier alpha value is -1.31. The van der Waals surface area contributed by atoms with Gasteiger partial charge in [-0.25, -0.2) is 13.1 Å². The molecule has 1 aromatic carbocycles. The fourth-order valence-corrected chi connectivity index (χ4v) is 2.89. The highest BCUT2D eigenvalue weighted by Crippen LogP contribution is 2.31. The van der Waals surface area contributed by atoms with E-state index < -0.39 is 16.1 Å². The molecule has 0 fully saturated rings. The molecule has 1 heterocycles. The van der Waals surface area contributed by atoms with Crippen LogP contribution in [0, 0.1) is 5.92 Å². The smallest absolute Gasteiger partial charge is 0.240 e. The number of aliphatic hydroxyl groups is 1. The van der Waals surface area contributed by atoms with E-state index in [1.54, 1.807) is 6.07 Å². The fraction of sp³-hybridized carbons (Fsp3) is 0.571. The summed E-state index contributed by atoms with van der Waals surface area (Å²) in [6.45, 7) is 4.68. The van der Waals surface area contributed by atoms with Crippen molar-refractivity contribution in [2.24, 2.45) is 5.92 Å². The van der Waals surface area contributed by atoms with Crippen LogP contribution in [-0.4, -0.2) is 39.4 Å². The first-order valence-corrected chi connectivity index (χ1v) is 8.46. The molecule has 1 unspecified atom stereocenters. The third-order valence-electron chi connectivity index (χ3n) is 3.28. The normalized spacial score (nSPS) is 16.6. The largest absolute Gasteiger partial charge is 0.490 e. The summed E-state index contributed by atoms with van der Waals surface area (Å²) in [4.78, 5) is 0.0997. The summed E-state index contributed by atoms with van der Waals surface area (Å²) in [5.74, 6) is 0.963. The lowest BCUT2D eigenvalue weighted by molar-refractivity contribution is 0.129. The van der Waals surface area contributed by atoms with Gasteiger partial charge >= 0.3 is 0 Å². The van der Waals surface area contributed by atoms with Crippen LogP contribution in [0.25, 0.3) is 0 Å². The Bertz CT molecular complexity index is 585. The molecule has 0 bridgehead atoms. The van der Waals surface area contributed by atoms with Crippen LogP contribution in [0.4, 0.5) is 0 Å². The molecule has 2 N–H and O–H groups in total. The van der Waals surface area contributed by atoms with Gasteiger partial charge < -0.3 is 14.6 Å². The number of hydrogen-bond acceptors (Lipinski definition) is 5. The highest BCUT2D eigenvalue weighted by Gasteiger charge is 2.20. The van der Waals surface area contributed by atoms with Crippen molar-refractivity contribution in [3.8, 4) is 11.5 Å². The topological polar surface area (TPSA) is 84.9 Å². The average Bonchev–Trinajstić information content (AvgIpc) is 2.69. The van der Waals surface area contributed by atoms with E-state index in [4.69, 9.17) is 9.47 Å². The minimum atomic E-state index is -3.68. The summed E-state index contributed by atoms with van der Waals surface area (Å²) in [6, 6.07) is 4.51. The van der Waals surface area contributed by atoms with E-state index in [0.29, 0.717) is 24.7 Å². The fourth-order valence-electron chi connectivity index (χ4n) is 1.82. The van der Waals surface area contributed by atoms with Crippen LogP contribution in [0.15, 0.2) is 23.1 Å². The van der Waals surface area contributed by atoms with Gasteiger partial charge in [-0.05, 0) is 18.1 Å². The number of nitrogens with one attached hydrogen (secondary N) is 1. The minimum absolute atomic E-state index is 0.0171. The molecule has 0 saturated heterocycles. The van der Waals surface area contributed by atoms with Gasteiger partial charge in [0.1, 0.15) is 0 Å². The number of rotatable bonds is 5. The first kappa shape index (κ1) is 16.1. The predicted octanol–water partition coefficient (Wildman–Crippen LogP) is 1.14. The summed E-state index contributed by atoms with van der Waals surface area (Å²) in [6.07, 6.45) is 0.0375. The zero-order chi connectivity index (χ0) is 15.5. The van der Waals surface area contributed by atoms with Crippen molar-refractivity contribution in [3.05, 3.63) is 18.2 Å². The molecule has 7 heteroatoms. The van der Waals surface area contributed by atoms with Gasteiger partial charge in [-0.2, -0.15) is 0 Å². The molecule has 1 aliphatic rings. The third kappa shape index (κ3) is 4.09. The van der Waals surface area contributed by atoms with Crippen LogP contribution in [0.3, 0.4) is 0 Å². The Morgan fingerprint density at radius 3 is 2.57 bits per heavy atom. The second-order valence-electron chi connectivity index (χ2n) is 5.32. The molecule has 6 nitrogen and oxygen atoms in total. The first-order valence-electron chi connectivity index (χ1n) is 6.97. The Morgan fingerprint density at radius 1 is 1.24 bits per heavy atom. The lowest BCUT2D eigenvalue weighted by Crippen LogP contribution is -2.34. The number of fused-ring (bicyclic) bond motifs is 1. The van der Waals surface area contributed by atoms with Crippen molar-refractivity contribution >= 4 is 10.0 Å². The maximum absolute atomic E-state index is 12.2. The maximum atomic E-state index is 12.2. The number of aliphatic hydroxyl groups excluding tert-OH is 1. The average molecular weight is 315 g/mol. The molecule has 1 atom stereocenters. The van der Waals surface area contributed by atoms with Gasteiger partial charge in [0.25, 0.3) is 0 Å². The molecule has 0 aromatic heterocycles. The summed E-state index contributed by atoms with van der Waals surface area (Å²) < 4.78 is 37.8. The number of sulfonamides is 1. The molecule has 0 saturated carbocycles. The lowest BCUT2D eigenvalue weighted by Gasteiger charge is -2.16. The van der Waals surface area contributed by atoms with Crippen molar-refractivity contribution < 1.29 is 23.0 Å². The van der Waals surface area contributed by atoms with Crippen molar-refractivity contribution in [2.75, 3.05) is 19.8 Å². The molecule has 0 spiro atoms. The molecular weight excluding hydrogens is 294 g/mol. The van der Waals surface area contributed by atoms with Gasteiger partial charge in [0.15, 0.2) is 11.5 Å².